The molecule has 1 aromatic carbocycles. The maximum Gasteiger partial charge on any atom is 0.263 e. The van der Waals surface area contributed by atoms with Crippen LogP contribution in [-0.2, 0) is 10.5 Å². The number of hydrogen-bond acceptors (Lipinski definition) is 3. The molecule has 0 aromatic heterocycles. The standard InChI is InChI=1S/C12H11NO3/c14-10-6-3-7-12(16)9-5-2-1-4-8(9)11(15)13(10)12/h1-2,4-5,16H,3,6-7H2. The summed E-state index contributed by atoms with van der Waals surface area (Å²) >= 11 is 0. The minimum Gasteiger partial charge on any atom is -0.366 e. The molecule has 0 aliphatic carbocycles. The number of hydrogen-bond donors (Lipinski definition) is 1. The Morgan fingerprint density at radius 1 is 1.25 bits per heavy atom. The predicted molar refractivity (Wildman–Crippen MR) is 55.4 cm³/mol. The average molecular weight is 217 g/mol. The largest absolute Gasteiger partial charge is 0.366 e. The molecule has 0 bridgehead atoms. The number of aliphatic hydroxyl groups is 1. The Hall–Kier alpha value is -1.68. The fourth-order valence-corrected chi connectivity index (χ4v) is 2.59. The summed E-state index contributed by atoms with van der Waals surface area (Å²) in [6, 6.07) is 6.88. The Labute approximate surface area is 92.5 Å². The van der Waals surface area contributed by atoms with Crippen molar-refractivity contribution in [1.82, 2.24) is 4.90 Å². The van der Waals surface area contributed by atoms with E-state index in [2.05, 4.69) is 0 Å². The molecule has 1 saturated heterocycles. The smallest absolute Gasteiger partial charge is 0.263 e. The number of imide groups is 1. The monoisotopic (exact) mass is 217 g/mol. The van der Waals surface area contributed by atoms with Gasteiger partial charge in [-0.25, -0.2) is 4.90 Å². The first kappa shape index (κ1) is 9.54. The van der Waals surface area contributed by atoms with E-state index >= 15 is 0 Å². The highest BCUT2D eigenvalue weighted by atomic mass is 16.3. The molecule has 3 rings (SSSR count). The van der Waals surface area contributed by atoms with Gasteiger partial charge < -0.3 is 5.11 Å². The summed E-state index contributed by atoms with van der Waals surface area (Å²) < 4.78 is 0. The summed E-state index contributed by atoms with van der Waals surface area (Å²) in [6.45, 7) is 0. The first-order valence-electron chi connectivity index (χ1n) is 5.34. The van der Waals surface area contributed by atoms with Crippen LogP contribution in [0, 0.1) is 0 Å². The number of carbonyl (C=O) groups excluding carboxylic acids is 2. The van der Waals surface area contributed by atoms with Crippen LogP contribution in [0.1, 0.15) is 35.2 Å². The number of rotatable bonds is 0. The minimum absolute atomic E-state index is 0.282. The molecule has 2 aliphatic heterocycles. The maximum absolute atomic E-state index is 12.0. The number of benzene rings is 1. The predicted octanol–water partition coefficient (Wildman–Crippen LogP) is 0.998. The van der Waals surface area contributed by atoms with E-state index in [1.807, 2.05) is 0 Å². The number of amides is 2. The van der Waals surface area contributed by atoms with E-state index < -0.39 is 5.72 Å². The zero-order valence-electron chi connectivity index (χ0n) is 8.64. The second-order valence-corrected chi connectivity index (χ2v) is 4.25. The van der Waals surface area contributed by atoms with Crippen LogP contribution in [0.3, 0.4) is 0 Å². The highest BCUT2D eigenvalue weighted by Crippen LogP contribution is 2.43. The van der Waals surface area contributed by atoms with Gasteiger partial charge in [0, 0.05) is 24.0 Å². The SMILES string of the molecule is O=C1CCCC2(O)c3ccccc3C(=O)N12. The van der Waals surface area contributed by atoms with Crippen molar-refractivity contribution in [1.29, 1.82) is 0 Å². The first-order chi connectivity index (χ1) is 7.64. The highest BCUT2D eigenvalue weighted by molar-refractivity contribution is 6.09. The van der Waals surface area contributed by atoms with E-state index in [0.29, 0.717) is 30.4 Å². The Balaban J connectivity index is 2.23. The van der Waals surface area contributed by atoms with Crippen molar-refractivity contribution in [3.63, 3.8) is 0 Å². The van der Waals surface area contributed by atoms with Crippen LogP contribution in [0.4, 0.5) is 0 Å². The van der Waals surface area contributed by atoms with E-state index in [1.165, 1.54) is 0 Å². The molecule has 0 saturated carbocycles. The highest BCUT2D eigenvalue weighted by Gasteiger charge is 2.52. The molecule has 4 nitrogen and oxygen atoms in total. The number of fused-ring (bicyclic) bond motifs is 3. The Bertz CT molecular complexity index is 497. The summed E-state index contributed by atoms with van der Waals surface area (Å²) in [5, 5.41) is 10.5. The van der Waals surface area contributed by atoms with Gasteiger partial charge in [0.25, 0.3) is 5.91 Å². The van der Waals surface area contributed by atoms with Crippen molar-refractivity contribution in [2.75, 3.05) is 0 Å². The van der Waals surface area contributed by atoms with Gasteiger partial charge in [-0.1, -0.05) is 18.2 Å². The molecule has 1 fully saturated rings. The maximum atomic E-state index is 12.0. The lowest BCUT2D eigenvalue weighted by molar-refractivity contribution is -0.159. The van der Waals surface area contributed by atoms with Gasteiger partial charge in [0.15, 0.2) is 5.72 Å². The number of carbonyl (C=O) groups is 2. The van der Waals surface area contributed by atoms with E-state index in [1.54, 1.807) is 24.3 Å². The molecule has 0 radical (unpaired) electrons. The number of piperidine rings is 1. The van der Waals surface area contributed by atoms with Gasteiger partial charge >= 0.3 is 0 Å². The first-order valence-corrected chi connectivity index (χ1v) is 5.34. The molecule has 1 unspecified atom stereocenters. The van der Waals surface area contributed by atoms with Crippen molar-refractivity contribution in [3.05, 3.63) is 35.4 Å². The second-order valence-electron chi connectivity index (χ2n) is 4.25. The molecule has 1 atom stereocenters. The fourth-order valence-electron chi connectivity index (χ4n) is 2.59. The minimum atomic E-state index is -1.40. The quantitative estimate of drug-likeness (QED) is 0.659. The molecule has 82 valence electrons. The van der Waals surface area contributed by atoms with Crippen molar-refractivity contribution in [2.45, 2.75) is 25.0 Å². The summed E-state index contributed by atoms with van der Waals surface area (Å²) in [7, 11) is 0. The van der Waals surface area contributed by atoms with E-state index in [0.717, 1.165) is 4.90 Å². The molecular weight excluding hydrogens is 206 g/mol. The summed E-state index contributed by atoms with van der Waals surface area (Å²) in [6.07, 6.45) is 1.39. The molecule has 16 heavy (non-hydrogen) atoms. The van der Waals surface area contributed by atoms with E-state index in [9.17, 15) is 14.7 Å². The van der Waals surface area contributed by atoms with Crippen molar-refractivity contribution in [2.24, 2.45) is 0 Å². The molecule has 2 amide bonds. The topological polar surface area (TPSA) is 57.6 Å². The Morgan fingerprint density at radius 2 is 2.00 bits per heavy atom. The summed E-state index contributed by atoms with van der Waals surface area (Å²) in [4.78, 5) is 24.7. The molecule has 2 heterocycles. The van der Waals surface area contributed by atoms with Crippen LogP contribution in [0.25, 0.3) is 0 Å². The summed E-state index contributed by atoms with van der Waals surface area (Å²) in [5.41, 5.74) is -0.392. The van der Waals surface area contributed by atoms with Crippen LogP contribution in [0.15, 0.2) is 24.3 Å². The fraction of sp³-hybridized carbons (Fsp3) is 0.333. The van der Waals surface area contributed by atoms with Gasteiger partial charge in [0.05, 0.1) is 0 Å². The van der Waals surface area contributed by atoms with Crippen LogP contribution in [-0.4, -0.2) is 21.8 Å². The van der Waals surface area contributed by atoms with Gasteiger partial charge in [-0.05, 0) is 12.5 Å². The van der Waals surface area contributed by atoms with Crippen molar-refractivity contribution >= 4 is 11.8 Å². The zero-order chi connectivity index (χ0) is 11.3. The molecular formula is C12H11NO3. The van der Waals surface area contributed by atoms with Crippen LogP contribution < -0.4 is 0 Å². The average Bonchev–Trinajstić information content (AvgIpc) is 2.50. The third-order valence-corrected chi connectivity index (χ3v) is 3.33. The van der Waals surface area contributed by atoms with Gasteiger partial charge in [-0.3, -0.25) is 9.59 Å². The van der Waals surface area contributed by atoms with Gasteiger partial charge in [0.1, 0.15) is 0 Å². The lowest BCUT2D eigenvalue weighted by atomic mass is 9.93. The van der Waals surface area contributed by atoms with Gasteiger partial charge in [-0.15, -0.1) is 0 Å². The van der Waals surface area contributed by atoms with Crippen LogP contribution in [0.2, 0.25) is 0 Å². The van der Waals surface area contributed by atoms with E-state index in [4.69, 9.17) is 0 Å². The van der Waals surface area contributed by atoms with Gasteiger partial charge in [-0.2, -0.15) is 0 Å². The third-order valence-electron chi connectivity index (χ3n) is 3.33. The molecule has 2 aliphatic rings. The molecule has 0 spiro atoms. The Kier molecular flexibility index (Phi) is 1.74. The van der Waals surface area contributed by atoms with Crippen LogP contribution >= 0.6 is 0 Å². The molecule has 1 N–H and O–H groups in total. The van der Waals surface area contributed by atoms with E-state index in [-0.39, 0.29) is 11.8 Å². The Morgan fingerprint density at radius 3 is 2.81 bits per heavy atom. The second kappa shape index (κ2) is 2.92. The van der Waals surface area contributed by atoms with Crippen molar-refractivity contribution in [3.8, 4) is 0 Å². The zero-order valence-corrected chi connectivity index (χ0v) is 8.64. The van der Waals surface area contributed by atoms with Crippen LogP contribution in [0.5, 0.6) is 0 Å². The van der Waals surface area contributed by atoms with Gasteiger partial charge in [0.2, 0.25) is 5.91 Å². The lowest BCUT2D eigenvalue weighted by Gasteiger charge is -2.36. The summed E-state index contributed by atoms with van der Waals surface area (Å²) in [5.74, 6) is -0.655. The lowest BCUT2D eigenvalue weighted by Crippen LogP contribution is -2.50. The molecule has 1 aromatic rings. The number of nitrogens with zero attached hydrogens (tertiary/aromatic N) is 1. The van der Waals surface area contributed by atoms with Crippen molar-refractivity contribution < 1.29 is 14.7 Å². The third kappa shape index (κ3) is 0.971. The molecule has 4 heteroatoms. The normalized spacial score (nSPS) is 27.9.